The van der Waals surface area contributed by atoms with E-state index < -0.39 is 47.0 Å². The first kappa shape index (κ1) is 23.9. The van der Waals surface area contributed by atoms with Gasteiger partial charge in [0, 0.05) is 35.0 Å². The molecule has 6 nitrogen and oxygen atoms in total. The Morgan fingerprint density at radius 1 is 1.03 bits per heavy atom. The Balaban J connectivity index is 1.58. The van der Waals surface area contributed by atoms with Gasteiger partial charge in [-0.25, -0.2) is 4.79 Å². The number of halogens is 6. The lowest BCUT2D eigenvalue weighted by Crippen LogP contribution is -2.42. The lowest BCUT2D eigenvalue weighted by atomic mass is 9.85. The van der Waals surface area contributed by atoms with Crippen LogP contribution < -0.4 is 10.9 Å². The van der Waals surface area contributed by atoms with Gasteiger partial charge in [0.1, 0.15) is 0 Å². The first-order valence-corrected chi connectivity index (χ1v) is 10.8. The maximum atomic E-state index is 14.3. The van der Waals surface area contributed by atoms with E-state index in [9.17, 15) is 35.9 Å². The second-order valence-electron chi connectivity index (χ2n) is 8.62. The molecule has 1 amide bonds. The number of carbonyl (C=O) groups excluding carboxylic acids is 1. The standard InChI is InChI=1S/C24H16F6N2O4/c25-23(26,27)13-3-1-2-12(10-13)22(24(28,29)30)11-18(32-36-22)15-6-7-17(21(34)31-14-4-5-14)20-16(15)8-9-19(33)35-20/h1-3,6-10,14H,4-5,11H2,(H,31,34). The van der Waals surface area contributed by atoms with E-state index in [0.29, 0.717) is 12.1 Å². The molecule has 1 fully saturated rings. The fourth-order valence-corrected chi connectivity index (χ4v) is 4.08. The van der Waals surface area contributed by atoms with Gasteiger partial charge in [-0.1, -0.05) is 23.4 Å². The Morgan fingerprint density at radius 3 is 2.44 bits per heavy atom. The van der Waals surface area contributed by atoms with E-state index in [4.69, 9.17) is 9.25 Å². The van der Waals surface area contributed by atoms with Crippen LogP contribution in [0, 0.1) is 0 Å². The van der Waals surface area contributed by atoms with Crippen LogP contribution in [0.25, 0.3) is 11.0 Å². The lowest BCUT2D eigenvalue weighted by Gasteiger charge is -2.30. The van der Waals surface area contributed by atoms with E-state index in [-0.39, 0.29) is 33.8 Å². The van der Waals surface area contributed by atoms with Crippen molar-refractivity contribution in [3.05, 3.63) is 81.2 Å². The van der Waals surface area contributed by atoms with Gasteiger partial charge in [-0.05, 0) is 37.1 Å². The van der Waals surface area contributed by atoms with Crippen LogP contribution in [0.15, 0.2) is 62.9 Å². The van der Waals surface area contributed by atoms with E-state index in [1.807, 2.05) is 0 Å². The van der Waals surface area contributed by atoms with Crippen molar-refractivity contribution in [2.75, 3.05) is 0 Å². The van der Waals surface area contributed by atoms with E-state index in [2.05, 4.69) is 10.5 Å². The summed E-state index contributed by atoms with van der Waals surface area (Å²) in [6.45, 7) is 0. The number of nitrogens with one attached hydrogen (secondary N) is 1. The van der Waals surface area contributed by atoms with Crippen LogP contribution in [0.3, 0.4) is 0 Å². The summed E-state index contributed by atoms with van der Waals surface area (Å²) in [6.07, 6.45) is -9.34. The zero-order valence-corrected chi connectivity index (χ0v) is 18.2. The SMILES string of the molecule is O=C(NC1CC1)c1ccc(C2=NOC(c3cccc(C(F)(F)F)c3)(C(F)(F)F)C2)c2ccc(=O)oc12. The van der Waals surface area contributed by atoms with E-state index in [1.54, 1.807) is 0 Å². The number of amides is 1. The Labute approximate surface area is 198 Å². The number of fused-ring (bicyclic) bond motifs is 1. The summed E-state index contributed by atoms with van der Waals surface area (Å²) in [6, 6.07) is 7.74. The van der Waals surface area contributed by atoms with Gasteiger partial charge in [0.15, 0.2) is 5.58 Å². The predicted octanol–water partition coefficient (Wildman–Crippen LogP) is 5.29. The third-order valence-corrected chi connectivity index (χ3v) is 6.10. The smallest absolute Gasteiger partial charge is 0.422 e. The fraction of sp³-hybridized carbons (Fsp3) is 0.292. The summed E-state index contributed by atoms with van der Waals surface area (Å²) in [7, 11) is 0. The largest absolute Gasteiger partial charge is 0.435 e. The van der Waals surface area contributed by atoms with E-state index >= 15 is 0 Å². The van der Waals surface area contributed by atoms with Crippen molar-refractivity contribution in [3.63, 3.8) is 0 Å². The molecule has 1 saturated carbocycles. The number of rotatable bonds is 4. The number of carbonyl (C=O) groups is 1. The van der Waals surface area contributed by atoms with Crippen molar-refractivity contribution >= 4 is 22.6 Å². The molecule has 2 heterocycles. The minimum absolute atomic E-state index is 0.00451. The summed E-state index contributed by atoms with van der Waals surface area (Å²) in [5.74, 6) is -0.512. The quantitative estimate of drug-likeness (QED) is 0.382. The van der Waals surface area contributed by atoms with Crippen molar-refractivity contribution in [1.82, 2.24) is 5.32 Å². The van der Waals surface area contributed by atoms with Crippen molar-refractivity contribution < 1.29 is 40.4 Å². The lowest BCUT2D eigenvalue weighted by molar-refractivity contribution is -0.276. The number of benzene rings is 2. The van der Waals surface area contributed by atoms with Crippen molar-refractivity contribution in [2.24, 2.45) is 5.16 Å². The number of alkyl halides is 6. The molecule has 0 saturated heterocycles. The number of hydrogen-bond acceptors (Lipinski definition) is 5. The molecule has 1 aliphatic heterocycles. The van der Waals surface area contributed by atoms with Gasteiger partial charge in [-0.15, -0.1) is 0 Å². The van der Waals surface area contributed by atoms with Gasteiger partial charge in [0.2, 0.25) is 0 Å². The first-order valence-electron chi connectivity index (χ1n) is 10.8. The molecule has 2 aromatic carbocycles. The second-order valence-corrected chi connectivity index (χ2v) is 8.62. The summed E-state index contributed by atoms with van der Waals surface area (Å²) in [5, 5.41) is 6.47. The predicted molar refractivity (Wildman–Crippen MR) is 114 cm³/mol. The molecule has 5 rings (SSSR count). The highest BCUT2D eigenvalue weighted by Gasteiger charge is 2.62. The molecule has 0 bridgehead atoms. The van der Waals surface area contributed by atoms with E-state index in [0.717, 1.165) is 31.0 Å². The van der Waals surface area contributed by atoms with Crippen LogP contribution in [-0.2, 0) is 16.6 Å². The topological polar surface area (TPSA) is 80.9 Å². The van der Waals surface area contributed by atoms with Crippen molar-refractivity contribution in [2.45, 2.75) is 43.3 Å². The molecule has 1 atom stereocenters. The van der Waals surface area contributed by atoms with Gasteiger partial charge in [-0.2, -0.15) is 26.3 Å². The van der Waals surface area contributed by atoms with Gasteiger partial charge in [0.05, 0.1) is 16.8 Å². The van der Waals surface area contributed by atoms with Crippen molar-refractivity contribution in [1.29, 1.82) is 0 Å². The Hall–Kier alpha value is -3.83. The molecule has 36 heavy (non-hydrogen) atoms. The average molecular weight is 510 g/mol. The third kappa shape index (κ3) is 4.10. The van der Waals surface area contributed by atoms with Crippen LogP contribution in [0.4, 0.5) is 26.3 Å². The van der Waals surface area contributed by atoms with E-state index in [1.165, 1.54) is 18.2 Å². The maximum Gasteiger partial charge on any atom is 0.435 e. The molecule has 0 radical (unpaired) electrons. The van der Waals surface area contributed by atoms with Crippen LogP contribution in [-0.4, -0.2) is 23.8 Å². The number of hydrogen-bond donors (Lipinski definition) is 1. The Kier molecular flexibility index (Phi) is 5.38. The van der Waals surface area contributed by atoms with Crippen LogP contribution in [0.5, 0.6) is 0 Å². The summed E-state index contributed by atoms with van der Waals surface area (Å²) < 4.78 is 87.7. The maximum absolute atomic E-state index is 14.3. The highest BCUT2D eigenvalue weighted by molar-refractivity contribution is 6.15. The molecule has 1 N–H and O–H groups in total. The van der Waals surface area contributed by atoms with Crippen molar-refractivity contribution in [3.8, 4) is 0 Å². The normalized spacial score (nSPS) is 20.2. The highest BCUT2D eigenvalue weighted by Crippen LogP contribution is 2.50. The first-order chi connectivity index (χ1) is 16.9. The van der Waals surface area contributed by atoms with Gasteiger partial charge >= 0.3 is 18.0 Å². The Bertz CT molecular complexity index is 1460. The second kappa shape index (κ2) is 8.10. The molecular formula is C24H16F6N2O4. The molecule has 0 spiro atoms. The highest BCUT2D eigenvalue weighted by atomic mass is 19.4. The summed E-state index contributed by atoms with van der Waals surface area (Å²) >= 11 is 0. The summed E-state index contributed by atoms with van der Waals surface area (Å²) in [4.78, 5) is 29.3. The van der Waals surface area contributed by atoms with Gasteiger partial charge in [-0.3, -0.25) is 4.79 Å². The molecule has 12 heteroatoms. The van der Waals surface area contributed by atoms with Crippen LogP contribution >= 0.6 is 0 Å². The molecule has 1 aliphatic carbocycles. The molecule has 188 valence electrons. The molecule has 3 aromatic rings. The number of oxime groups is 1. The minimum atomic E-state index is -5.13. The monoisotopic (exact) mass is 510 g/mol. The fourth-order valence-electron chi connectivity index (χ4n) is 4.08. The van der Waals surface area contributed by atoms with Crippen LogP contribution in [0.1, 0.15) is 46.3 Å². The Morgan fingerprint density at radius 2 is 1.78 bits per heavy atom. The average Bonchev–Trinajstić information content (AvgIpc) is 3.50. The van der Waals surface area contributed by atoms with Gasteiger partial charge in [0.25, 0.3) is 11.5 Å². The zero-order chi connectivity index (χ0) is 25.9. The van der Waals surface area contributed by atoms with Gasteiger partial charge < -0.3 is 14.6 Å². The zero-order valence-electron chi connectivity index (χ0n) is 18.2. The number of nitrogens with zero attached hydrogens (tertiary/aromatic N) is 1. The third-order valence-electron chi connectivity index (χ3n) is 6.10. The molecular weight excluding hydrogens is 494 g/mol. The molecule has 2 aliphatic rings. The summed E-state index contributed by atoms with van der Waals surface area (Å²) in [5.41, 5.74) is -6.28. The molecule has 1 aromatic heterocycles. The minimum Gasteiger partial charge on any atom is -0.422 e. The molecule has 1 unspecified atom stereocenters. The van der Waals surface area contributed by atoms with Crippen LogP contribution in [0.2, 0.25) is 0 Å².